The molecule has 6 nitrogen and oxygen atoms in total. The number of unbranched alkanes of at least 4 members (excludes halogenated alkanes) is 6. The number of rotatable bonds is 14. The van der Waals surface area contributed by atoms with E-state index in [-0.39, 0.29) is 11.7 Å². The van der Waals surface area contributed by atoms with Gasteiger partial charge in [0.1, 0.15) is 22.5 Å². The van der Waals surface area contributed by atoms with Gasteiger partial charge in [0.25, 0.3) is 0 Å². The Kier molecular flexibility index (Phi) is 9.73. The fourth-order valence-corrected chi connectivity index (χ4v) is 3.95. The van der Waals surface area contributed by atoms with Crippen molar-refractivity contribution in [2.45, 2.75) is 84.5 Å². The van der Waals surface area contributed by atoms with E-state index in [4.69, 9.17) is 4.74 Å². The Labute approximate surface area is 197 Å². The second-order valence-electron chi connectivity index (χ2n) is 8.69. The normalized spacial score (nSPS) is 11.2. The number of hydrogen-bond acceptors (Lipinski definition) is 5. The first-order valence-electron chi connectivity index (χ1n) is 12.4. The summed E-state index contributed by atoms with van der Waals surface area (Å²) in [4.78, 5) is 13.7. The average molecular weight is 452 g/mol. The molecule has 6 heteroatoms. The van der Waals surface area contributed by atoms with Gasteiger partial charge >= 0.3 is 5.97 Å². The van der Waals surface area contributed by atoms with Crippen molar-refractivity contribution in [3.05, 3.63) is 47.5 Å². The van der Waals surface area contributed by atoms with Crippen LogP contribution in [0, 0.1) is 0 Å². The highest BCUT2D eigenvalue weighted by Crippen LogP contribution is 2.30. The lowest BCUT2D eigenvalue weighted by atomic mass is 10.00. The van der Waals surface area contributed by atoms with Gasteiger partial charge in [0.05, 0.1) is 6.61 Å². The van der Waals surface area contributed by atoms with Gasteiger partial charge in [0.15, 0.2) is 0 Å². The number of esters is 1. The van der Waals surface area contributed by atoms with Gasteiger partial charge in [-0.3, -0.25) is 4.79 Å². The zero-order chi connectivity index (χ0) is 23.5. The molecule has 0 fully saturated rings. The number of ether oxygens (including phenoxy) is 1. The van der Waals surface area contributed by atoms with Gasteiger partial charge in [-0.2, -0.15) is 0 Å². The van der Waals surface area contributed by atoms with Gasteiger partial charge in [-0.05, 0) is 55.0 Å². The maximum absolute atomic E-state index is 12.2. The quantitative estimate of drug-likeness (QED) is 0.230. The molecule has 1 aromatic heterocycles. The maximum atomic E-state index is 12.2. The monoisotopic (exact) mass is 451 g/mol. The molecule has 0 saturated heterocycles. The first-order chi connectivity index (χ1) is 16.1. The predicted octanol–water partition coefficient (Wildman–Crippen LogP) is 6.31. The third-order valence-electron chi connectivity index (χ3n) is 5.91. The SMILES string of the molecule is CCCCCCCCOC(=O)CCc1cc(CCCC)c(O)c(-n2nc3ccccc3n2)c1. The van der Waals surface area contributed by atoms with Gasteiger partial charge in [-0.1, -0.05) is 70.6 Å². The molecular formula is C27H37N3O3. The Balaban J connectivity index is 1.65. The standard InChI is InChI=1S/C27H37N3O3/c1-3-5-7-8-9-12-18-33-26(31)17-16-21-19-22(13-6-4-2)27(32)25(20-21)30-28-23-14-10-11-15-24(23)29-30/h10-11,14-15,19-20,32H,3-9,12-13,16-18H2,1-2H3. The lowest BCUT2D eigenvalue weighted by Crippen LogP contribution is -2.08. The topological polar surface area (TPSA) is 77.2 Å². The number of hydrogen-bond donors (Lipinski definition) is 1. The lowest BCUT2D eigenvalue weighted by Gasteiger charge is -2.12. The van der Waals surface area contributed by atoms with Crippen molar-refractivity contribution in [1.82, 2.24) is 15.0 Å². The van der Waals surface area contributed by atoms with E-state index in [0.717, 1.165) is 54.3 Å². The van der Waals surface area contributed by atoms with E-state index in [2.05, 4.69) is 24.0 Å². The Morgan fingerprint density at radius 1 is 0.909 bits per heavy atom. The zero-order valence-electron chi connectivity index (χ0n) is 20.1. The number of aromatic nitrogens is 3. The summed E-state index contributed by atoms with van der Waals surface area (Å²) in [5.74, 6) is 0.0365. The molecule has 0 aliphatic rings. The van der Waals surface area contributed by atoms with Crippen molar-refractivity contribution in [3.8, 4) is 11.4 Å². The van der Waals surface area contributed by atoms with Crippen LogP contribution in [0.3, 0.4) is 0 Å². The summed E-state index contributed by atoms with van der Waals surface area (Å²) in [6, 6.07) is 11.5. The largest absolute Gasteiger partial charge is 0.505 e. The van der Waals surface area contributed by atoms with E-state index in [1.165, 1.54) is 30.5 Å². The molecule has 3 aromatic rings. The second-order valence-corrected chi connectivity index (χ2v) is 8.69. The highest BCUT2D eigenvalue weighted by atomic mass is 16.5. The number of carbonyl (C=O) groups excluding carboxylic acids is 1. The summed E-state index contributed by atoms with van der Waals surface area (Å²) in [5, 5.41) is 20.0. The van der Waals surface area contributed by atoms with Crippen LogP contribution in [0.1, 0.15) is 82.8 Å². The molecular weight excluding hydrogens is 414 g/mol. The molecule has 33 heavy (non-hydrogen) atoms. The van der Waals surface area contributed by atoms with Crippen LogP contribution in [-0.4, -0.2) is 32.7 Å². The van der Waals surface area contributed by atoms with E-state index in [0.29, 0.717) is 25.1 Å². The van der Waals surface area contributed by atoms with E-state index in [1.807, 2.05) is 36.4 Å². The fraction of sp³-hybridized carbons (Fsp3) is 0.519. The second kappa shape index (κ2) is 13.0. The molecule has 0 aliphatic heterocycles. The van der Waals surface area contributed by atoms with Crippen molar-refractivity contribution >= 4 is 17.0 Å². The van der Waals surface area contributed by atoms with Crippen LogP contribution in [-0.2, 0) is 22.4 Å². The molecule has 0 atom stereocenters. The van der Waals surface area contributed by atoms with Crippen LogP contribution in [0.15, 0.2) is 36.4 Å². The summed E-state index contributed by atoms with van der Waals surface area (Å²) in [6.07, 6.45) is 10.7. The molecule has 1 N–H and O–H groups in total. The van der Waals surface area contributed by atoms with Crippen LogP contribution in [0.5, 0.6) is 5.75 Å². The zero-order valence-corrected chi connectivity index (χ0v) is 20.1. The van der Waals surface area contributed by atoms with Gasteiger partial charge in [-0.25, -0.2) is 0 Å². The van der Waals surface area contributed by atoms with Gasteiger partial charge in [0, 0.05) is 6.42 Å². The van der Waals surface area contributed by atoms with Crippen molar-refractivity contribution in [2.24, 2.45) is 0 Å². The molecule has 0 amide bonds. The van der Waals surface area contributed by atoms with E-state index in [9.17, 15) is 9.90 Å². The third kappa shape index (κ3) is 7.31. The maximum Gasteiger partial charge on any atom is 0.306 e. The number of phenols is 1. The first-order valence-corrected chi connectivity index (χ1v) is 12.4. The molecule has 0 saturated carbocycles. The smallest absolute Gasteiger partial charge is 0.306 e. The lowest BCUT2D eigenvalue weighted by molar-refractivity contribution is -0.143. The van der Waals surface area contributed by atoms with Crippen LogP contribution >= 0.6 is 0 Å². The minimum Gasteiger partial charge on any atom is -0.505 e. The average Bonchev–Trinajstić information content (AvgIpc) is 3.26. The summed E-state index contributed by atoms with van der Waals surface area (Å²) in [6.45, 7) is 4.83. The molecule has 178 valence electrons. The first kappa shape index (κ1) is 24.7. The highest BCUT2D eigenvalue weighted by molar-refractivity contribution is 5.74. The van der Waals surface area contributed by atoms with Crippen molar-refractivity contribution in [3.63, 3.8) is 0 Å². The van der Waals surface area contributed by atoms with Gasteiger partial charge in [-0.15, -0.1) is 15.0 Å². The fourth-order valence-electron chi connectivity index (χ4n) is 3.95. The molecule has 0 aliphatic carbocycles. The summed E-state index contributed by atoms with van der Waals surface area (Å²) < 4.78 is 5.43. The van der Waals surface area contributed by atoms with Crippen LogP contribution in [0.2, 0.25) is 0 Å². The number of carbonyl (C=O) groups is 1. The van der Waals surface area contributed by atoms with E-state index in [1.54, 1.807) is 0 Å². The molecule has 3 rings (SSSR count). The Bertz CT molecular complexity index is 996. The summed E-state index contributed by atoms with van der Waals surface area (Å²) in [7, 11) is 0. The number of nitrogens with zero attached hydrogens (tertiary/aromatic N) is 3. The third-order valence-corrected chi connectivity index (χ3v) is 5.91. The predicted molar refractivity (Wildman–Crippen MR) is 132 cm³/mol. The van der Waals surface area contributed by atoms with Crippen molar-refractivity contribution in [2.75, 3.05) is 6.61 Å². The summed E-state index contributed by atoms with van der Waals surface area (Å²) in [5.41, 5.74) is 3.94. The van der Waals surface area contributed by atoms with Crippen molar-refractivity contribution in [1.29, 1.82) is 0 Å². The van der Waals surface area contributed by atoms with Crippen molar-refractivity contribution < 1.29 is 14.6 Å². The number of fused-ring (bicyclic) bond motifs is 1. The minimum atomic E-state index is -0.170. The molecule has 0 radical (unpaired) electrons. The number of aromatic hydroxyl groups is 1. The number of benzene rings is 2. The van der Waals surface area contributed by atoms with Crippen LogP contribution in [0.25, 0.3) is 16.7 Å². The molecule has 0 bridgehead atoms. The summed E-state index contributed by atoms with van der Waals surface area (Å²) >= 11 is 0. The van der Waals surface area contributed by atoms with E-state index < -0.39 is 0 Å². The van der Waals surface area contributed by atoms with Crippen LogP contribution in [0.4, 0.5) is 0 Å². The van der Waals surface area contributed by atoms with Crippen LogP contribution < -0.4 is 0 Å². The number of aryl methyl sites for hydroxylation is 2. The molecule has 1 heterocycles. The molecule has 0 spiro atoms. The number of phenolic OH excluding ortho intramolecular Hbond substituents is 1. The highest BCUT2D eigenvalue weighted by Gasteiger charge is 2.15. The molecule has 2 aromatic carbocycles. The molecule has 0 unspecified atom stereocenters. The Hall–Kier alpha value is -2.89. The Morgan fingerprint density at radius 3 is 2.27 bits per heavy atom. The minimum absolute atomic E-state index is 0.170. The van der Waals surface area contributed by atoms with E-state index >= 15 is 0 Å². The van der Waals surface area contributed by atoms with Gasteiger partial charge < -0.3 is 9.84 Å². The van der Waals surface area contributed by atoms with Gasteiger partial charge in [0.2, 0.25) is 0 Å². The Morgan fingerprint density at radius 2 is 1.58 bits per heavy atom.